The Kier molecular flexibility index (Phi) is 6.86. The van der Waals surface area contributed by atoms with Crippen molar-refractivity contribution in [2.75, 3.05) is 0 Å². The van der Waals surface area contributed by atoms with Gasteiger partial charge in [-0.05, 0) is 99.2 Å². The predicted octanol–water partition coefficient (Wildman–Crippen LogP) is 6.60. The van der Waals surface area contributed by atoms with Crippen LogP contribution >= 0.6 is 0 Å². The number of benzene rings is 1. The van der Waals surface area contributed by atoms with E-state index in [1.807, 2.05) is 12.1 Å². The molecular weight excluding hydrogens is 539 g/mol. The van der Waals surface area contributed by atoms with Crippen molar-refractivity contribution in [1.82, 2.24) is 0 Å². The average Bonchev–Trinajstić information content (AvgIpc) is 2.63. The van der Waals surface area contributed by atoms with E-state index < -0.39 is 0 Å². The number of phenols is 1. The maximum absolute atomic E-state index is 9.42. The predicted molar refractivity (Wildman–Crippen MR) is 102 cm³/mol. The smallest absolute Gasteiger partial charge is 0.115 e. The van der Waals surface area contributed by atoms with Gasteiger partial charge in [0.2, 0.25) is 0 Å². The minimum Gasteiger partial charge on any atom is -0.508 e. The van der Waals surface area contributed by atoms with Crippen LogP contribution in [0.3, 0.4) is 0 Å². The first-order valence-electron chi connectivity index (χ1n) is 9.82. The fraction of sp³-hybridized carbons (Fsp3) is 0.565. The second-order valence-electron chi connectivity index (χ2n) is 7.89. The number of aromatic hydroxyl groups is 1. The summed E-state index contributed by atoms with van der Waals surface area (Å²) in [6, 6.07) is 7.84. The average molecular weight is 572 g/mol. The summed E-state index contributed by atoms with van der Waals surface area (Å²) in [6.07, 6.45) is 19.1. The Balaban J connectivity index is 0.00000225. The molecule has 2 saturated carbocycles. The molecule has 0 aromatic heterocycles. The van der Waals surface area contributed by atoms with Crippen LogP contribution in [0.15, 0.2) is 49.1 Å². The second kappa shape index (κ2) is 9.11. The Bertz CT molecular complexity index is 532. The Hall–Kier alpha value is -2.50. The maximum atomic E-state index is 9.42. The van der Waals surface area contributed by atoms with E-state index in [0.717, 1.165) is 17.8 Å². The van der Waals surface area contributed by atoms with E-state index in [0.29, 0.717) is 11.7 Å². The summed E-state index contributed by atoms with van der Waals surface area (Å²) in [4.78, 5) is 0. The van der Waals surface area contributed by atoms with Gasteiger partial charge in [0, 0.05) is 0 Å². The first-order valence-corrected chi connectivity index (χ1v) is 9.82. The van der Waals surface area contributed by atoms with Crippen LogP contribution < -0.4 is 0 Å². The molecule has 0 atom stereocenters. The Morgan fingerprint density at radius 2 is 1.36 bits per heavy atom. The van der Waals surface area contributed by atoms with Crippen molar-refractivity contribution < 1.29 is 5.11 Å². The molecule has 1 aromatic rings. The summed E-state index contributed by atoms with van der Waals surface area (Å²) in [7, 11) is 0. The zero-order valence-electron chi connectivity index (χ0n) is 15.2. The molecular formula is C23H32CmO. The molecule has 2 fully saturated rings. The fourth-order valence-electron chi connectivity index (χ4n) is 4.56. The van der Waals surface area contributed by atoms with Gasteiger partial charge in [-0.15, -0.1) is 6.58 Å². The summed E-state index contributed by atoms with van der Waals surface area (Å²) < 4.78 is 0. The zero-order valence-corrected chi connectivity index (χ0v) is 18.2. The molecule has 0 saturated heterocycles. The number of allylic oxidation sites excluding steroid dienone is 3. The quantitative estimate of drug-likeness (QED) is 0.395. The molecule has 1 nitrogen and oxygen atoms in total. The van der Waals surface area contributed by atoms with Crippen molar-refractivity contribution in [3.8, 4) is 5.75 Å². The maximum Gasteiger partial charge on any atom is 0.115 e. The summed E-state index contributed by atoms with van der Waals surface area (Å²) in [6.45, 7) is 3.88. The minimum absolute atomic E-state index is 0. The number of rotatable bonds is 5. The van der Waals surface area contributed by atoms with Gasteiger partial charge in [-0.25, -0.2) is 0 Å². The largest absolute Gasteiger partial charge is 0.508 e. The molecule has 0 amide bonds. The molecule has 0 heterocycles. The third-order valence-electron chi connectivity index (χ3n) is 6.18. The Labute approximate surface area is 147 Å². The molecule has 25 heavy (non-hydrogen) atoms. The van der Waals surface area contributed by atoms with E-state index in [4.69, 9.17) is 0 Å². The monoisotopic (exact) mass is 567 g/mol. The summed E-state index contributed by atoms with van der Waals surface area (Å²) in [5.41, 5.74) is 1.40. The van der Waals surface area contributed by atoms with Crippen LogP contribution in [0.4, 0.5) is 0 Å². The van der Waals surface area contributed by atoms with Gasteiger partial charge in [0.1, 0.15) is 5.75 Å². The summed E-state index contributed by atoms with van der Waals surface area (Å²) in [5.74, 6) is 3.56. The van der Waals surface area contributed by atoms with Crippen molar-refractivity contribution in [1.29, 1.82) is 0 Å². The molecule has 0 aliphatic heterocycles. The van der Waals surface area contributed by atoms with Gasteiger partial charge >= 0.3 is 0 Å². The molecule has 1 aromatic carbocycles. The molecule has 0 radical (unpaired) electrons. The van der Waals surface area contributed by atoms with Crippen molar-refractivity contribution in [2.24, 2.45) is 17.8 Å². The molecule has 0 spiro atoms. The minimum atomic E-state index is 0. The first-order chi connectivity index (χ1) is 11.7. The molecule has 1 N–H and O–H groups in total. The standard InChI is InChI=1S/C23H32O.Cm/c1-2-3-18-4-6-19(7-5-18)8-9-20-10-12-21(13-11-20)22-14-16-23(24)17-15-22;/h2,8-9,14-21,24H,1,3-7,10-13H2;/b9-8+;. The molecule has 2 heteroatoms. The van der Waals surface area contributed by atoms with E-state index in [9.17, 15) is 5.11 Å². The van der Waals surface area contributed by atoms with Crippen LogP contribution in [0.1, 0.15) is 69.3 Å². The third-order valence-corrected chi connectivity index (χ3v) is 6.18. The molecule has 2 aliphatic carbocycles. The van der Waals surface area contributed by atoms with E-state index in [-0.39, 0.29) is 0 Å². The van der Waals surface area contributed by atoms with Crippen LogP contribution in [-0.2, 0) is 0 Å². The van der Waals surface area contributed by atoms with Gasteiger partial charge < -0.3 is 5.11 Å². The molecule has 0 unspecified atom stereocenters. The normalized spacial score (nSPS) is 29.9. The Morgan fingerprint density at radius 1 is 0.840 bits per heavy atom. The van der Waals surface area contributed by atoms with Gasteiger partial charge in [-0.2, -0.15) is 0 Å². The van der Waals surface area contributed by atoms with Gasteiger partial charge in [0.15, 0.2) is 0 Å². The van der Waals surface area contributed by atoms with Gasteiger partial charge in [-0.3, -0.25) is 0 Å². The summed E-state index contributed by atoms with van der Waals surface area (Å²) >= 11 is 0. The number of hydrogen-bond donors (Lipinski definition) is 1. The Morgan fingerprint density at radius 3 is 1.88 bits per heavy atom. The van der Waals surface area contributed by atoms with E-state index >= 15 is 0 Å². The van der Waals surface area contributed by atoms with Crippen LogP contribution in [0, 0.1) is 17.8 Å². The number of phenolic OH excluding ortho intramolecular Hbond substituents is 1. The third kappa shape index (κ3) is 5.24. The van der Waals surface area contributed by atoms with Crippen LogP contribution in [0.2, 0.25) is 0 Å². The fourth-order valence-corrected chi connectivity index (χ4v) is 4.56. The van der Waals surface area contributed by atoms with Crippen molar-refractivity contribution >= 4 is 0 Å². The van der Waals surface area contributed by atoms with Crippen LogP contribution in [0.5, 0.6) is 5.75 Å². The summed E-state index contributed by atoms with van der Waals surface area (Å²) in [5, 5.41) is 9.42. The van der Waals surface area contributed by atoms with Gasteiger partial charge in [-0.1, -0.05) is 30.4 Å². The topological polar surface area (TPSA) is 20.2 Å². The SMILES string of the molecule is C=CCC1CCC(/C=C/C2CCC(c3ccc(O)cc3)CC2)CC1.[Cm]. The van der Waals surface area contributed by atoms with Crippen molar-refractivity contribution in [2.45, 2.75) is 63.7 Å². The molecule has 3 rings (SSSR count). The molecule has 138 valence electrons. The second-order valence-corrected chi connectivity index (χ2v) is 7.89. The number of hydrogen-bond acceptors (Lipinski definition) is 1. The van der Waals surface area contributed by atoms with Crippen LogP contribution in [-0.4, -0.2) is 5.11 Å². The van der Waals surface area contributed by atoms with Crippen molar-refractivity contribution in [3.63, 3.8) is 0 Å². The molecule has 2 aliphatic rings. The van der Waals surface area contributed by atoms with E-state index in [2.05, 4.69) is 36.9 Å². The zero-order chi connectivity index (χ0) is 16.8. The van der Waals surface area contributed by atoms with Gasteiger partial charge in [0.25, 0.3) is 0 Å². The van der Waals surface area contributed by atoms with E-state index in [1.165, 1.54) is 63.4 Å². The van der Waals surface area contributed by atoms with Crippen LogP contribution in [0.25, 0.3) is 0 Å². The first kappa shape index (κ1) is 18.8. The van der Waals surface area contributed by atoms with Gasteiger partial charge in [0.05, 0.1) is 0 Å². The molecule has 0 bridgehead atoms. The van der Waals surface area contributed by atoms with E-state index in [1.54, 1.807) is 0 Å². The van der Waals surface area contributed by atoms with Crippen molar-refractivity contribution in [3.05, 3.63) is 54.6 Å².